The number of aromatic nitrogens is 1. The van der Waals surface area contributed by atoms with Crippen molar-refractivity contribution in [3.8, 4) is 11.5 Å². The van der Waals surface area contributed by atoms with Crippen LogP contribution in [0.25, 0.3) is 10.9 Å². The Morgan fingerprint density at radius 3 is 2.34 bits per heavy atom. The first kappa shape index (κ1) is 19.3. The maximum Gasteiger partial charge on any atom is 0.270 e. The van der Waals surface area contributed by atoms with Crippen LogP contribution >= 0.6 is 0 Å². The van der Waals surface area contributed by atoms with E-state index in [2.05, 4.69) is 11.0 Å². The number of ether oxygens (including phenoxy) is 2. The van der Waals surface area contributed by atoms with Crippen molar-refractivity contribution in [1.29, 1.82) is 0 Å². The lowest BCUT2D eigenvalue weighted by molar-refractivity contribution is 0.0619. The molecule has 1 fully saturated rings. The quantitative estimate of drug-likeness (QED) is 0.668. The van der Waals surface area contributed by atoms with Crippen molar-refractivity contribution in [2.75, 3.05) is 40.4 Å². The molecule has 29 heavy (non-hydrogen) atoms. The van der Waals surface area contributed by atoms with E-state index < -0.39 is 0 Å². The number of amides is 1. The van der Waals surface area contributed by atoms with Crippen LogP contribution in [0.15, 0.2) is 48.5 Å². The molecule has 152 valence electrons. The molecule has 0 spiro atoms. The highest BCUT2D eigenvalue weighted by Crippen LogP contribution is 2.28. The number of nitrogens with zero attached hydrogens (tertiary/aromatic N) is 3. The van der Waals surface area contributed by atoms with Gasteiger partial charge in [-0.25, -0.2) is 0 Å². The molecule has 1 aromatic heterocycles. The minimum atomic E-state index is 0.106. The number of methoxy groups -OCH3 is 2. The van der Waals surface area contributed by atoms with Crippen molar-refractivity contribution in [1.82, 2.24) is 14.4 Å². The van der Waals surface area contributed by atoms with Crippen LogP contribution in [-0.2, 0) is 13.6 Å². The Labute approximate surface area is 171 Å². The second-order valence-electron chi connectivity index (χ2n) is 7.41. The highest BCUT2D eigenvalue weighted by atomic mass is 16.5. The molecule has 0 atom stereocenters. The number of hydrogen-bond donors (Lipinski definition) is 0. The van der Waals surface area contributed by atoms with Crippen LogP contribution in [0.1, 0.15) is 16.1 Å². The van der Waals surface area contributed by atoms with E-state index in [1.165, 1.54) is 5.56 Å². The number of para-hydroxylation sites is 1. The van der Waals surface area contributed by atoms with Crippen LogP contribution in [0.5, 0.6) is 11.5 Å². The topological polar surface area (TPSA) is 46.9 Å². The largest absolute Gasteiger partial charge is 0.493 e. The summed E-state index contributed by atoms with van der Waals surface area (Å²) in [6.07, 6.45) is 0. The Kier molecular flexibility index (Phi) is 5.45. The van der Waals surface area contributed by atoms with Crippen molar-refractivity contribution in [2.45, 2.75) is 6.54 Å². The molecule has 1 aliphatic heterocycles. The van der Waals surface area contributed by atoms with Gasteiger partial charge in [-0.3, -0.25) is 9.69 Å². The van der Waals surface area contributed by atoms with Gasteiger partial charge >= 0.3 is 0 Å². The predicted molar refractivity (Wildman–Crippen MR) is 114 cm³/mol. The summed E-state index contributed by atoms with van der Waals surface area (Å²) in [6.45, 7) is 3.99. The molecule has 6 heteroatoms. The number of hydrogen-bond acceptors (Lipinski definition) is 4. The van der Waals surface area contributed by atoms with Crippen LogP contribution in [0.4, 0.5) is 0 Å². The summed E-state index contributed by atoms with van der Waals surface area (Å²) < 4.78 is 12.7. The smallest absolute Gasteiger partial charge is 0.270 e. The van der Waals surface area contributed by atoms with E-state index in [9.17, 15) is 4.79 Å². The second kappa shape index (κ2) is 8.17. The normalized spacial score (nSPS) is 14.9. The zero-order valence-corrected chi connectivity index (χ0v) is 17.2. The van der Waals surface area contributed by atoms with Gasteiger partial charge in [0.2, 0.25) is 0 Å². The van der Waals surface area contributed by atoms with E-state index in [1.54, 1.807) is 14.2 Å². The van der Waals surface area contributed by atoms with Gasteiger partial charge in [0, 0.05) is 50.7 Å². The fourth-order valence-corrected chi connectivity index (χ4v) is 4.00. The number of benzene rings is 2. The van der Waals surface area contributed by atoms with Crippen molar-refractivity contribution >= 4 is 16.8 Å². The van der Waals surface area contributed by atoms with Gasteiger partial charge in [0.15, 0.2) is 11.5 Å². The van der Waals surface area contributed by atoms with Crippen LogP contribution < -0.4 is 9.47 Å². The maximum absolute atomic E-state index is 13.1. The molecule has 0 radical (unpaired) electrons. The summed E-state index contributed by atoms with van der Waals surface area (Å²) in [6, 6.07) is 16.1. The molecule has 1 saturated heterocycles. The number of carbonyl (C=O) groups is 1. The van der Waals surface area contributed by atoms with E-state index in [-0.39, 0.29) is 5.91 Å². The molecule has 1 aliphatic rings. The number of aryl methyl sites for hydroxylation is 1. The minimum Gasteiger partial charge on any atom is -0.493 e. The molecule has 0 saturated carbocycles. The zero-order chi connectivity index (χ0) is 20.4. The predicted octanol–water partition coefficient (Wildman–Crippen LogP) is 3.15. The van der Waals surface area contributed by atoms with Gasteiger partial charge in [0.05, 0.1) is 14.2 Å². The summed E-state index contributed by atoms with van der Waals surface area (Å²) in [7, 11) is 5.26. The molecule has 4 rings (SSSR count). The molecule has 2 aromatic carbocycles. The summed E-state index contributed by atoms with van der Waals surface area (Å²) in [4.78, 5) is 17.4. The first-order valence-electron chi connectivity index (χ1n) is 9.87. The van der Waals surface area contributed by atoms with Crippen molar-refractivity contribution in [3.05, 3.63) is 59.8 Å². The van der Waals surface area contributed by atoms with Crippen LogP contribution in [0.3, 0.4) is 0 Å². The average Bonchev–Trinajstić information content (AvgIpc) is 3.10. The van der Waals surface area contributed by atoms with Gasteiger partial charge in [0.1, 0.15) is 5.69 Å². The molecule has 2 heterocycles. The molecule has 0 N–H and O–H groups in total. The van der Waals surface area contributed by atoms with Gasteiger partial charge in [-0.1, -0.05) is 24.3 Å². The number of carbonyl (C=O) groups excluding carboxylic acids is 1. The van der Waals surface area contributed by atoms with Gasteiger partial charge in [-0.2, -0.15) is 0 Å². The molecule has 3 aromatic rings. The van der Waals surface area contributed by atoms with Crippen LogP contribution in [0.2, 0.25) is 0 Å². The van der Waals surface area contributed by atoms with Crippen molar-refractivity contribution in [2.24, 2.45) is 7.05 Å². The lowest BCUT2D eigenvalue weighted by Crippen LogP contribution is -2.48. The highest BCUT2D eigenvalue weighted by molar-refractivity contribution is 5.98. The number of piperazine rings is 1. The van der Waals surface area contributed by atoms with E-state index >= 15 is 0 Å². The Balaban J connectivity index is 1.40. The first-order chi connectivity index (χ1) is 14.1. The Morgan fingerprint density at radius 2 is 1.66 bits per heavy atom. The number of rotatable bonds is 5. The molecular weight excluding hydrogens is 366 g/mol. The highest BCUT2D eigenvalue weighted by Gasteiger charge is 2.24. The van der Waals surface area contributed by atoms with Gasteiger partial charge in [-0.15, -0.1) is 0 Å². The third-order valence-corrected chi connectivity index (χ3v) is 5.68. The fourth-order valence-electron chi connectivity index (χ4n) is 4.00. The van der Waals surface area contributed by atoms with Gasteiger partial charge in [-0.05, 0) is 29.8 Å². The molecule has 0 bridgehead atoms. The molecule has 0 unspecified atom stereocenters. The molecule has 1 amide bonds. The summed E-state index contributed by atoms with van der Waals surface area (Å²) in [5.74, 6) is 1.59. The second-order valence-corrected chi connectivity index (χ2v) is 7.41. The third-order valence-electron chi connectivity index (χ3n) is 5.68. The SMILES string of the molecule is COc1ccc(CN2CCN(C(=O)c3cc4ccccc4n3C)CC2)cc1OC. The third kappa shape index (κ3) is 3.80. The van der Waals surface area contributed by atoms with Crippen LogP contribution in [-0.4, -0.2) is 60.7 Å². The van der Waals surface area contributed by atoms with Crippen molar-refractivity contribution in [3.63, 3.8) is 0 Å². The van der Waals surface area contributed by atoms with E-state index in [1.807, 2.05) is 59.0 Å². The summed E-state index contributed by atoms with van der Waals surface area (Å²) >= 11 is 0. The van der Waals surface area contributed by atoms with Gasteiger partial charge < -0.3 is 18.9 Å². The minimum absolute atomic E-state index is 0.106. The Hall–Kier alpha value is -2.99. The van der Waals surface area contributed by atoms with E-state index in [0.717, 1.165) is 60.8 Å². The monoisotopic (exact) mass is 393 g/mol. The van der Waals surface area contributed by atoms with E-state index in [0.29, 0.717) is 0 Å². The summed E-state index contributed by atoms with van der Waals surface area (Å²) in [5, 5.41) is 1.10. The number of fused-ring (bicyclic) bond motifs is 1. The van der Waals surface area contributed by atoms with Crippen LogP contribution in [0, 0.1) is 0 Å². The zero-order valence-electron chi connectivity index (χ0n) is 17.2. The average molecular weight is 393 g/mol. The standard InChI is InChI=1S/C23H27N3O3/c1-24-19-7-5-4-6-18(19)15-20(24)23(27)26-12-10-25(11-13-26)16-17-8-9-21(28-2)22(14-17)29-3/h4-9,14-15H,10-13,16H2,1-3H3. The summed E-state index contributed by atoms with van der Waals surface area (Å²) in [5.41, 5.74) is 3.01. The lowest BCUT2D eigenvalue weighted by Gasteiger charge is -2.34. The lowest BCUT2D eigenvalue weighted by atomic mass is 10.1. The first-order valence-corrected chi connectivity index (χ1v) is 9.87. The van der Waals surface area contributed by atoms with Gasteiger partial charge in [0.25, 0.3) is 5.91 Å². The van der Waals surface area contributed by atoms with E-state index in [4.69, 9.17) is 9.47 Å². The molecular formula is C23H27N3O3. The fraction of sp³-hybridized carbons (Fsp3) is 0.348. The molecule has 0 aliphatic carbocycles. The maximum atomic E-state index is 13.1. The van der Waals surface area contributed by atoms with Crippen molar-refractivity contribution < 1.29 is 14.3 Å². The Bertz CT molecular complexity index is 1020. The molecule has 6 nitrogen and oxygen atoms in total. The Morgan fingerprint density at radius 1 is 0.931 bits per heavy atom.